The Morgan fingerprint density at radius 1 is 1.14 bits per heavy atom. The fraction of sp³-hybridized carbons (Fsp3) is 0.214. The van der Waals surface area contributed by atoms with Gasteiger partial charge in [-0.3, -0.25) is 4.79 Å². The molecule has 0 fully saturated rings. The Labute approximate surface area is 120 Å². The largest absolute Gasteiger partial charge is 0.350 e. The van der Waals surface area contributed by atoms with Crippen molar-refractivity contribution in [2.24, 2.45) is 0 Å². The molecular weight excluding hydrogens is 278 g/mol. The minimum atomic E-state index is -0.965. The average molecular weight is 292 g/mol. The maximum atomic E-state index is 13.1. The van der Waals surface area contributed by atoms with Crippen molar-refractivity contribution in [3.63, 3.8) is 0 Å². The zero-order chi connectivity index (χ0) is 15.4. The number of nitrogens with one attached hydrogen (secondary N) is 2. The molecule has 0 aliphatic heterocycles. The third-order valence-electron chi connectivity index (χ3n) is 2.51. The highest BCUT2D eigenvalue weighted by Gasteiger charge is 2.09. The molecule has 1 aromatic heterocycles. The number of rotatable bonds is 4. The lowest BCUT2D eigenvalue weighted by molar-refractivity contribution is 0.0942. The Balaban J connectivity index is 2.08. The van der Waals surface area contributed by atoms with E-state index in [-0.39, 0.29) is 17.9 Å². The summed E-state index contributed by atoms with van der Waals surface area (Å²) >= 11 is 0. The van der Waals surface area contributed by atoms with Crippen molar-refractivity contribution in [3.05, 3.63) is 47.8 Å². The fourth-order valence-electron chi connectivity index (χ4n) is 1.56. The molecule has 1 heterocycles. The molecule has 7 heteroatoms. The standard InChI is InChI=1S/C14H14F2N4O/c1-8(2)19-13(21)9-6-17-14(18-7-9)20-10-3-4-11(15)12(16)5-10/h3-8H,1-2H3,(H,19,21)(H,17,18,20). The minimum absolute atomic E-state index is 0.0116. The highest BCUT2D eigenvalue weighted by molar-refractivity contribution is 5.93. The van der Waals surface area contributed by atoms with Gasteiger partial charge < -0.3 is 10.6 Å². The van der Waals surface area contributed by atoms with Crippen LogP contribution in [-0.4, -0.2) is 21.9 Å². The van der Waals surface area contributed by atoms with Gasteiger partial charge in [-0.2, -0.15) is 0 Å². The zero-order valence-electron chi connectivity index (χ0n) is 11.5. The Morgan fingerprint density at radius 3 is 2.38 bits per heavy atom. The number of nitrogens with zero attached hydrogens (tertiary/aromatic N) is 2. The van der Waals surface area contributed by atoms with Gasteiger partial charge in [0.1, 0.15) is 0 Å². The van der Waals surface area contributed by atoms with Crippen molar-refractivity contribution in [1.29, 1.82) is 0 Å². The number of benzene rings is 1. The van der Waals surface area contributed by atoms with Gasteiger partial charge >= 0.3 is 0 Å². The van der Waals surface area contributed by atoms with Gasteiger partial charge in [0.2, 0.25) is 5.95 Å². The van der Waals surface area contributed by atoms with Crippen molar-refractivity contribution in [2.45, 2.75) is 19.9 Å². The number of amides is 1. The molecule has 0 saturated carbocycles. The molecule has 0 saturated heterocycles. The summed E-state index contributed by atoms with van der Waals surface area (Å²) in [5, 5.41) is 5.43. The van der Waals surface area contributed by atoms with E-state index in [1.165, 1.54) is 18.5 Å². The van der Waals surface area contributed by atoms with Crippen molar-refractivity contribution >= 4 is 17.5 Å². The molecular formula is C14H14F2N4O. The number of hydrogen-bond acceptors (Lipinski definition) is 4. The fourth-order valence-corrected chi connectivity index (χ4v) is 1.56. The van der Waals surface area contributed by atoms with Crippen LogP contribution in [0.4, 0.5) is 20.4 Å². The summed E-state index contributed by atoms with van der Waals surface area (Å²) in [5.41, 5.74) is 0.632. The average Bonchev–Trinajstić information content (AvgIpc) is 2.43. The number of anilines is 2. The molecule has 0 radical (unpaired) electrons. The number of carbonyl (C=O) groups is 1. The summed E-state index contributed by atoms with van der Waals surface area (Å²) in [6, 6.07) is 3.37. The molecule has 0 aliphatic carbocycles. The first-order valence-electron chi connectivity index (χ1n) is 6.30. The highest BCUT2D eigenvalue weighted by Crippen LogP contribution is 2.16. The predicted octanol–water partition coefficient (Wildman–Crippen LogP) is 2.64. The number of halogens is 2. The molecule has 110 valence electrons. The van der Waals surface area contributed by atoms with Crippen molar-refractivity contribution in [2.75, 3.05) is 5.32 Å². The predicted molar refractivity (Wildman–Crippen MR) is 74.3 cm³/mol. The van der Waals surface area contributed by atoms with Gasteiger partial charge in [-0.25, -0.2) is 18.7 Å². The molecule has 2 N–H and O–H groups in total. The van der Waals surface area contributed by atoms with E-state index in [2.05, 4.69) is 20.6 Å². The topological polar surface area (TPSA) is 66.9 Å². The molecule has 0 bridgehead atoms. The Kier molecular flexibility index (Phi) is 4.42. The van der Waals surface area contributed by atoms with Gasteiger partial charge in [0, 0.05) is 30.2 Å². The first-order valence-corrected chi connectivity index (χ1v) is 6.30. The Morgan fingerprint density at radius 2 is 1.81 bits per heavy atom. The van der Waals surface area contributed by atoms with E-state index >= 15 is 0 Å². The van der Waals surface area contributed by atoms with Gasteiger partial charge in [-0.1, -0.05) is 0 Å². The van der Waals surface area contributed by atoms with Crippen LogP contribution in [0.1, 0.15) is 24.2 Å². The second-order valence-electron chi connectivity index (χ2n) is 4.68. The zero-order valence-corrected chi connectivity index (χ0v) is 11.5. The normalized spacial score (nSPS) is 10.5. The molecule has 0 unspecified atom stereocenters. The highest BCUT2D eigenvalue weighted by atomic mass is 19.2. The lowest BCUT2D eigenvalue weighted by Gasteiger charge is -2.08. The Bertz CT molecular complexity index is 644. The van der Waals surface area contributed by atoms with Crippen LogP contribution in [-0.2, 0) is 0 Å². The van der Waals surface area contributed by atoms with E-state index in [1.54, 1.807) is 0 Å². The van der Waals surface area contributed by atoms with E-state index < -0.39 is 11.6 Å². The van der Waals surface area contributed by atoms with E-state index in [4.69, 9.17) is 0 Å². The van der Waals surface area contributed by atoms with Gasteiger partial charge in [-0.05, 0) is 26.0 Å². The van der Waals surface area contributed by atoms with Gasteiger partial charge in [0.15, 0.2) is 11.6 Å². The third kappa shape index (κ3) is 3.95. The maximum Gasteiger partial charge on any atom is 0.254 e. The summed E-state index contributed by atoms with van der Waals surface area (Å²) in [4.78, 5) is 19.6. The quantitative estimate of drug-likeness (QED) is 0.909. The van der Waals surface area contributed by atoms with Crippen LogP contribution in [0.15, 0.2) is 30.6 Å². The van der Waals surface area contributed by atoms with Gasteiger partial charge in [0.05, 0.1) is 5.56 Å². The second-order valence-corrected chi connectivity index (χ2v) is 4.68. The van der Waals surface area contributed by atoms with Crippen LogP contribution in [0.3, 0.4) is 0 Å². The number of aromatic nitrogens is 2. The van der Waals surface area contributed by atoms with Crippen molar-refractivity contribution in [3.8, 4) is 0 Å². The second kappa shape index (κ2) is 6.25. The van der Waals surface area contributed by atoms with Crippen LogP contribution >= 0.6 is 0 Å². The van der Waals surface area contributed by atoms with Crippen LogP contribution in [0.2, 0.25) is 0 Å². The summed E-state index contributed by atoms with van der Waals surface area (Å²) in [5.74, 6) is -1.98. The van der Waals surface area contributed by atoms with Crippen LogP contribution in [0.25, 0.3) is 0 Å². The molecule has 0 aliphatic rings. The van der Waals surface area contributed by atoms with Crippen molar-refractivity contribution < 1.29 is 13.6 Å². The minimum Gasteiger partial charge on any atom is -0.350 e. The molecule has 1 amide bonds. The monoisotopic (exact) mass is 292 g/mol. The third-order valence-corrected chi connectivity index (χ3v) is 2.51. The van der Waals surface area contributed by atoms with E-state index in [9.17, 15) is 13.6 Å². The van der Waals surface area contributed by atoms with Crippen LogP contribution in [0, 0.1) is 11.6 Å². The molecule has 2 aromatic rings. The first kappa shape index (κ1) is 14.8. The number of carbonyl (C=O) groups excluding carboxylic acids is 1. The Hall–Kier alpha value is -2.57. The number of hydrogen-bond donors (Lipinski definition) is 2. The van der Waals surface area contributed by atoms with E-state index in [0.717, 1.165) is 12.1 Å². The van der Waals surface area contributed by atoms with Gasteiger partial charge in [-0.15, -0.1) is 0 Å². The molecule has 21 heavy (non-hydrogen) atoms. The summed E-state index contributed by atoms with van der Waals surface area (Å²) in [6.07, 6.45) is 2.71. The van der Waals surface area contributed by atoms with Gasteiger partial charge in [0.25, 0.3) is 5.91 Å². The summed E-state index contributed by atoms with van der Waals surface area (Å²) in [7, 11) is 0. The van der Waals surface area contributed by atoms with E-state index in [1.807, 2.05) is 13.8 Å². The first-order chi connectivity index (χ1) is 9.95. The summed E-state index contributed by atoms with van der Waals surface area (Å²) < 4.78 is 25.9. The summed E-state index contributed by atoms with van der Waals surface area (Å²) in [6.45, 7) is 3.69. The lowest BCUT2D eigenvalue weighted by atomic mass is 10.3. The van der Waals surface area contributed by atoms with E-state index in [0.29, 0.717) is 11.3 Å². The van der Waals surface area contributed by atoms with Crippen LogP contribution in [0.5, 0.6) is 0 Å². The molecule has 0 atom stereocenters. The van der Waals surface area contributed by atoms with Crippen LogP contribution < -0.4 is 10.6 Å². The SMILES string of the molecule is CC(C)NC(=O)c1cnc(Nc2ccc(F)c(F)c2)nc1. The molecule has 2 rings (SSSR count). The molecule has 0 spiro atoms. The molecule has 1 aromatic carbocycles. The smallest absolute Gasteiger partial charge is 0.254 e. The molecule has 5 nitrogen and oxygen atoms in total. The maximum absolute atomic E-state index is 13.1. The van der Waals surface area contributed by atoms with Crippen molar-refractivity contribution in [1.82, 2.24) is 15.3 Å². The lowest BCUT2D eigenvalue weighted by Crippen LogP contribution is -2.30.